The summed E-state index contributed by atoms with van der Waals surface area (Å²) in [5, 5.41) is 7.91. The molecule has 1 atom stereocenters. The van der Waals surface area contributed by atoms with Gasteiger partial charge in [-0.25, -0.2) is 0 Å². The first-order chi connectivity index (χ1) is 8.56. The third-order valence-corrected chi connectivity index (χ3v) is 2.82. The van der Waals surface area contributed by atoms with Crippen molar-refractivity contribution in [3.8, 4) is 0 Å². The number of nitrogens with zero attached hydrogens (tertiary/aromatic N) is 5. The second-order valence-electron chi connectivity index (χ2n) is 4.57. The topological polar surface area (TPSA) is 58.3 Å². The summed E-state index contributed by atoms with van der Waals surface area (Å²) in [6.07, 6.45) is 2.50. The largest absolute Gasteiger partial charge is 0.367 e. The molecule has 98 valence electrons. The molecule has 7 heteroatoms. The van der Waals surface area contributed by atoms with Crippen LogP contribution in [0.25, 0.3) is 5.78 Å². The molecule has 2 aromatic heterocycles. The van der Waals surface area contributed by atoms with Gasteiger partial charge in [0.2, 0.25) is 0 Å². The molecule has 0 aromatic carbocycles. The Balaban J connectivity index is 2.13. The zero-order valence-corrected chi connectivity index (χ0v) is 11.5. The van der Waals surface area contributed by atoms with Gasteiger partial charge in [0, 0.05) is 12.1 Å². The number of hydrogen-bond donors (Lipinski definition) is 1. The van der Waals surface area contributed by atoms with Crippen molar-refractivity contribution in [1.29, 1.82) is 0 Å². The summed E-state index contributed by atoms with van der Waals surface area (Å²) in [7, 11) is 4.12. The van der Waals surface area contributed by atoms with E-state index in [1.807, 2.05) is 0 Å². The van der Waals surface area contributed by atoms with Crippen LogP contribution < -0.4 is 5.32 Å². The van der Waals surface area contributed by atoms with Crippen LogP contribution in [0.2, 0.25) is 5.15 Å². The fraction of sp³-hybridized carbons (Fsp3) is 0.545. The lowest BCUT2D eigenvalue weighted by Crippen LogP contribution is -2.24. The number of halogens is 1. The minimum atomic E-state index is 0.318. The van der Waals surface area contributed by atoms with E-state index >= 15 is 0 Å². The van der Waals surface area contributed by atoms with Crippen LogP contribution in [-0.2, 0) is 0 Å². The second kappa shape index (κ2) is 5.49. The Kier molecular flexibility index (Phi) is 3.98. The van der Waals surface area contributed by atoms with Gasteiger partial charge in [0.05, 0.1) is 0 Å². The summed E-state index contributed by atoms with van der Waals surface area (Å²) in [5.41, 5.74) is 0. The summed E-state index contributed by atoms with van der Waals surface area (Å²) < 4.78 is 1.65. The zero-order valence-electron chi connectivity index (χ0n) is 10.8. The zero-order chi connectivity index (χ0) is 13.1. The first-order valence-electron chi connectivity index (χ1n) is 5.84. The van der Waals surface area contributed by atoms with E-state index in [1.54, 1.807) is 10.6 Å². The highest BCUT2D eigenvalue weighted by atomic mass is 35.5. The monoisotopic (exact) mass is 268 g/mol. The highest BCUT2D eigenvalue weighted by Gasteiger charge is 2.09. The SMILES string of the molecule is CC(CCN(C)C)Nc1cc(Cl)nc2ncnn12. The van der Waals surface area contributed by atoms with Crippen LogP contribution >= 0.6 is 11.6 Å². The highest BCUT2D eigenvalue weighted by molar-refractivity contribution is 6.29. The van der Waals surface area contributed by atoms with Crippen molar-refractivity contribution in [2.75, 3.05) is 26.0 Å². The lowest BCUT2D eigenvalue weighted by molar-refractivity contribution is 0.390. The maximum Gasteiger partial charge on any atom is 0.255 e. The standard InChI is InChI=1S/C11H17ClN6/c1-8(4-5-17(2)3)15-10-6-9(12)16-11-13-7-14-18(10)11/h6-8,15H,4-5H2,1-3H3. The molecule has 6 nitrogen and oxygen atoms in total. The second-order valence-corrected chi connectivity index (χ2v) is 4.96. The molecule has 0 fully saturated rings. The molecule has 0 aliphatic heterocycles. The Morgan fingerprint density at radius 2 is 2.28 bits per heavy atom. The van der Waals surface area contributed by atoms with Crippen LogP contribution in [0.15, 0.2) is 12.4 Å². The van der Waals surface area contributed by atoms with Gasteiger partial charge >= 0.3 is 0 Å². The summed E-state index contributed by atoms with van der Waals surface area (Å²) in [5.74, 6) is 1.32. The first-order valence-corrected chi connectivity index (χ1v) is 6.21. The normalized spacial score (nSPS) is 13.2. The van der Waals surface area contributed by atoms with Crippen molar-refractivity contribution < 1.29 is 0 Å². The third kappa shape index (κ3) is 3.08. The Hall–Kier alpha value is -1.40. The summed E-state index contributed by atoms with van der Waals surface area (Å²) in [6.45, 7) is 3.15. The number of hydrogen-bond acceptors (Lipinski definition) is 5. The van der Waals surface area contributed by atoms with Crippen LogP contribution in [0, 0.1) is 0 Å². The molecule has 2 aromatic rings. The number of aromatic nitrogens is 4. The van der Waals surface area contributed by atoms with E-state index < -0.39 is 0 Å². The molecule has 0 radical (unpaired) electrons. The molecule has 0 aliphatic rings. The fourth-order valence-electron chi connectivity index (χ4n) is 1.66. The Morgan fingerprint density at radius 1 is 1.50 bits per heavy atom. The number of anilines is 1. The molecule has 2 rings (SSSR count). The highest BCUT2D eigenvalue weighted by Crippen LogP contribution is 2.15. The molecule has 0 aliphatic carbocycles. The predicted molar refractivity (Wildman–Crippen MR) is 72.0 cm³/mol. The summed E-state index contributed by atoms with van der Waals surface area (Å²) in [4.78, 5) is 10.3. The van der Waals surface area contributed by atoms with Gasteiger partial charge in [-0.05, 0) is 34.0 Å². The Morgan fingerprint density at radius 3 is 3.00 bits per heavy atom. The van der Waals surface area contributed by atoms with Crippen LogP contribution in [0.5, 0.6) is 0 Å². The number of rotatable bonds is 5. The van der Waals surface area contributed by atoms with Crippen LogP contribution in [0.3, 0.4) is 0 Å². The van der Waals surface area contributed by atoms with Crippen molar-refractivity contribution in [3.63, 3.8) is 0 Å². The number of nitrogens with one attached hydrogen (secondary N) is 1. The fourth-order valence-corrected chi connectivity index (χ4v) is 1.84. The minimum Gasteiger partial charge on any atom is -0.367 e. The van der Waals surface area contributed by atoms with Gasteiger partial charge in [0.15, 0.2) is 0 Å². The van der Waals surface area contributed by atoms with E-state index in [1.165, 1.54) is 6.33 Å². The first kappa shape index (κ1) is 13.0. The van der Waals surface area contributed by atoms with Crippen molar-refractivity contribution in [1.82, 2.24) is 24.5 Å². The van der Waals surface area contributed by atoms with E-state index in [4.69, 9.17) is 11.6 Å². The van der Waals surface area contributed by atoms with Crippen molar-refractivity contribution in [2.45, 2.75) is 19.4 Å². The average Bonchev–Trinajstić information content (AvgIpc) is 2.74. The summed E-state index contributed by atoms with van der Waals surface area (Å²) >= 11 is 5.95. The molecule has 0 bridgehead atoms. The van der Waals surface area contributed by atoms with E-state index in [2.05, 4.69) is 46.3 Å². The molecular weight excluding hydrogens is 252 g/mol. The Labute approximate surface area is 111 Å². The maximum atomic E-state index is 5.95. The van der Waals surface area contributed by atoms with E-state index in [0.717, 1.165) is 18.8 Å². The average molecular weight is 269 g/mol. The molecule has 1 unspecified atom stereocenters. The molecule has 0 saturated carbocycles. The van der Waals surface area contributed by atoms with Crippen LogP contribution in [0.4, 0.5) is 5.82 Å². The van der Waals surface area contributed by atoms with Gasteiger partial charge in [-0.3, -0.25) is 0 Å². The van der Waals surface area contributed by atoms with Crippen molar-refractivity contribution >= 4 is 23.2 Å². The van der Waals surface area contributed by atoms with E-state index in [9.17, 15) is 0 Å². The van der Waals surface area contributed by atoms with Gasteiger partial charge in [0.25, 0.3) is 5.78 Å². The smallest absolute Gasteiger partial charge is 0.255 e. The van der Waals surface area contributed by atoms with E-state index in [-0.39, 0.29) is 0 Å². The molecule has 1 N–H and O–H groups in total. The van der Waals surface area contributed by atoms with Crippen molar-refractivity contribution in [3.05, 3.63) is 17.5 Å². The van der Waals surface area contributed by atoms with Gasteiger partial charge in [-0.1, -0.05) is 11.6 Å². The third-order valence-electron chi connectivity index (χ3n) is 2.62. The van der Waals surface area contributed by atoms with Crippen molar-refractivity contribution in [2.24, 2.45) is 0 Å². The van der Waals surface area contributed by atoms with Crippen LogP contribution in [0.1, 0.15) is 13.3 Å². The molecule has 18 heavy (non-hydrogen) atoms. The van der Waals surface area contributed by atoms with Gasteiger partial charge in [-0.2, -0.15) is 19.6 Å². The molecule has 0 saturated heterocycles. The Bertz CT molecular complexity index is 523. The minimum absolute atomic E-state index is 0.318. The quantitative estimate of drug-likeness (QED) is 0.834. The lowest BCUT2D eigenvalue weighted by Gasteiger charge is -2.18. The molecular formula is C11H17ClN6. The lowest BCUT2D eigenvalue weighted by atomic mass is 10.2. The van der Waals surface area contributed by atoms with E-state index in [0.29, 0.717) is 17.0 Å². The maximum absolute atomic E-state index is 5.95. The predicted octanol–water partition coefficient (Wildman–Crippen LogP) is 1.53. The van der Waals surface area contributed by atoms with Gasteiger partial charge in [0.1, 0.15) is 17.3 Å². The molecule has 0 amide bonds. The van der Waals surface area contributed by atoms with Gasteiger partial charge in [-0.15, -0.1) is 0 Å². The van der Waals surface area contributed by atoms with Gasteiger partial charge < -0.3 is 10.2 Å². The molecule has 0 spiro atoms. The van der Waals surface area contributed by atoms with Crippen LogP contribution in [-0.4, -0.2) is 51.2 Å². The summed E-state index contributed by atoms with van der Waals surface area (Å²) in [6, 6.07) is 2.08. The number of fused-ring (bicyclic) bond motifs is 1. The molecule has 2 heterocycles.